The number of ether oxygens (including phenoxy) is 1. The molecule has 0 N–H and O–H groups in total. The molecule has 0 saturated heterocycles. The molecule has 0 amide bonds. The molecule has 1 unspecified atom stereocenters. The molecule has 0 saturated carbocycles. The number of carbonyl (C=O) groups excluding carboxylic acids is 1. The Hall–Kier alpha value is -1.87. The lowest BCUT2D eigenvalue weighted by Gasteiger charge is -2.24. The van der Waals surface area contributed by atoms with E-state index in [2.05, 4.69) is 32.9 Å². The van der Waals surface area contributed by atoms with Crippen molar-refractivity contribution >= 4 is 14.5 Å². The first kappa shape index (κ1) is 21.4. The van der Waals surface area contributed by atoms with Gasteiger partial charge in [-0.2, -0.15) is 0 Å². The van der Waals surface area contributed by atoms with E-state index in [9.17, 15) is 9.36 Å². The molecule has 0 fully saturated rings. The Morgan fingerprint density at radius 1 is 1.04 bits per heavy atom. The lowest BCUT2D eigenvalue weighted by molar-refractivity contribution is 0.0309. The number of rotatable bonds is 8. The monoisotopic (exact) mass is 386 g/mol. The van der Waals surface area contributed by atoms with Gasteiger partial charge in [0.25, 0.3) is 0 Å². The molecule has 0 heterocycles. The van der Waals surface area contributed by atoms with E-state index < -0.39 is 14.8 Å². The van der Waals surface area contributed by atoms with Gasteiger partial charge in [-0.15, -0.1) is 0 Å². The van der Waals surface area contributed by atoms with E-state index in [-0.39, 0.29) is 24.4 Å². The Labute approximate surface area is 163 Å². The predicted octanol–water partition coefficient (Wildman–Crippen LogP) is 5.76. The van der Waals surface area contributed by atoms with E-state index in [0.717, 1.165) is 16.7 Å². The molecule has 0 radical (unpaired) electrons. The standard InChI is InChI=1S/C22H27O4P/c1-15-13-18(22(3,4)5)14-16(2)19(15)20(23)21(25-11-12-26-27-24)17-9-7-6-8-10-17/h6-10,13-14,21H,11-12H2,1-5H3. The first-order valence-corrected chi connectivity index (χ1v) is 9.76. The summed E-state index contributed by atoms with van der Waals surface area (Å²) in [5.74, 6) is -0.0728. The average Bonchev–Trinajstić information content (AvgIpc) is 2.61. The van der Waals surface area contributed by atoms with Gasteiger partial charge in [0.05, 0.1) is 13.2 Å². The molecule has 0 aromatic heterocycles. The Bertz CT molecular complexity index is 771. The molecule has 0 aliphatic carbocycles. The Morgan fingerprint density at radius 2 is 1.63 bits per heavy atom. The molecule has 27 heavy (non-hydrogen) atoms. The number of aryl methyl sites for hydroxylation is 2. The highest BCUT2D eigenvalue weighted by atomic mass is 31.1. The van der Waals surface area contributed by atoms with Gasteiger partial charge < -0.3 is 4.74 Å². The molecule has 0 spiro atoms. The number of carbonyl (C=O) groups is 1. The Balaban J connectivity index is 2.38. The summed E-state index contributed by atoms with van der Waals surface area (Å²) in [5.41, 5.74) is 4.60. The van der Waals surface area contributed by atoms with Crippen LogP contribution in [0.1, 0.15) is 59.5 Å². The largest absolute Gasteiger partial charge is 0.363 e. The molecular formula is C22H27O4P. The molecule has 2 rings (SSSR count). The number of ketones is 1. The van der Waals surface area contributed by atoms with Crippen molar-refractivity contribution in [1.29, 1.82) is 0 Å². The van der Waals surface area contributed by atoms with Crippen molar-refractivity contribution in [3.8, 4) is 0 Å². The zero-order valence-electron chi connectivity index (χ0n) is 16.6. The zero-order valence-corrected chi connectivity index (χ0v) is 17.5. The van der Waals surface area contributed by atoms with Crippen LogP contribution in [0.25, 0.3) is 0 Å². The summed E-state index contributed by atoms with van der Waals surface area (Å²) in [5, 5.41) is 0. The van der Waals surface area contributed by atoms with Gasteiger partial charge in [-0.1, -0.05) is 63.2 Å². The molecule has 5 heteroatoms. The second-order valence-corrected chi connectivity index (χ2v) is 8.08. The van der Waals surface area contributed by atoms with E-state index in [4.69, 9.17) is 9.26 Å². The minimum Gasteiger partial charge on any atom is -0.363 e. The Kier molecular flexibility index (Phi) is 7.43. The summed E-state index contributed by atoms with van der Waals surface area (Å²) in [7, 11) is -0.392. The minimum atomic E-state index is -0.726. The van der Waals surface area contributed by atoms with Crippen molar-refractivity contribution < 1.29 is 18.6 Å². The molecular weight excluding hydrogens is 359 g/mol. The van der Waals surface area contributed by atoms with E-state index in [1.807, 2.05) is 44.2 Å². The van der Waals surface area contributed by atoms with Gasteiger partial charge in [-0.05, 0) is 41.5 Å². The molecule has 0 aliphatic heterocycles. The number of Topliss-reactive ketones (excluding diaryl/α,β-unsaturated/α-hetero) is 1. The maximum Gasteiger partial charge on any atom is 0.327 e. The van der Waals surface area contributed by atoms with Crippen LogP contribution >= 0.6 is 8.69 Å². The summed E-state index contributed by atoms with van der Waals surface area (Å²) in [6.45, 7) is 10.8. The maximum atomic E-state index is 13.4. The van der Waals surface area contributed by atoms with Gasteiger partial charge in [0.2, 0.25) is 0 Å². The fourth-order valence-corrected chi connectivity index (χ4v) is 3.26. The second kappa shape index (κ2) is 9.36. The maximum absolute atomic E-state index is 13.4. The third-order valence-electron chi connectivity index (χ3n) is 4.50. The highest BCUT2D eigenvalue weighted by molar-refractivity contribution is 7.17. The van der Waals surface area contributed by atoms with Crippen LogP contribution in [0.4, 0.5) is 0 Å². The molecule has 0 bridgehead atoms. The smallest absolute Gasteiger partial charge is 0.327 e. The second-order valence-electron chi connectivity index (χ2n) is 7.67. The number of benzene rings is 2. The lowest BCUT2D eigenvalue weighted by Crippen LogP contribution is -2.21. The van der Waals surface area contributed by atoms with Gasteiger partial charge in [-0.25, -0.2) is 4.57 Å². The van der Waals surface area contributed by atoms with Crippen LogP contribution in [0.15, 0.2) is 42.5 Å². The van der Waals surface area contributed by atoms with Gasteiger partial charge in [0.1, 0.15) is 6.10 Å². The molecule has 2 aromatic carbocycles. The fraction of sp³-hybridized carbons (Fsp3) is 0.409. The van der Waals surface area contributed by atoms with Crippen LogP contribution in [0.5, 0.6) is 0 Å². The third kappa shape index (κ3) is 5.55. The van der Waals surface area contributed by atoms with Gasteiger partial charge >= 0.3 is 8.69 Å². The van der Waals surface area contributed by atoms with Crippen LogP contribution in [-0.2, 0) is 19.2 Å². The molecule has 4 nitrogen and oxygen atoms in total. The van der Waals surface area contributed by atoms with E-state index >= 15 is 0 Å². The zero-order chi connectivity index (χ0) is 20.0. The third-order valence-corrected chi connectivity index (χ3v) is 4.79. The first-order chi connectivity index (χ1) is 12.8. The van der Waals surface area contributed by atoms with Gasteiger partial charge in [-0.3, -0.25) is 9.32 Å². The summed E-state index contributed by atoms with van der Waals surface area (Å²) < 4.78 is 21.1. The highest BCUT2D eigenvalue weighted by Crippen LogP contribution is 2.30. The van der Waals surface area contributed by atoms with Crippen LogP contribution < -0.4 is 0 Å². The van der Waals surface area contributed by atoms with Crippen LogP contribution in [-0.4, -0.2) is 19.0 Å². The van der Waals surface area contributed by atoms with Gasteiger partial charge in [0, 0.05) is 5.56 Å². The van der Waals surface area contributed by atoms with Crippen molar-refractivity contribution in [2.75, 3.05) is 13.2 Å². The van der Waals surface area contributed by atoms with Crippen molar-refractivity contribution in [2.24, 2.45) is 0 Å². The van der Waals surface area contributed by atoms with Crippen LogP contribution in [0.3, 0.4) is 0 Å². The van der Waals surface area contributed by atoms with Crippen molar-refractivity contribution in [1.82, 2.24) is 0 Å². The lowest BCUT2D eigenvalue weighted by atomic mass is 9.82. The molecule has 1 atom stereocenters. The topological polar surface area (TPSA) is 52.6 Å². The van der Waals surface area contributed by atoms with E-state index in [0.29, 0.717) is 5.56 Å². The summed E-state index contributed by atoms with van der Waals surface area (Å²) in [6, 6.07) is 13.6. The van der Waals surface area contributed by atoms with Crippen molar-refractivity contribution in [3.05, 3.63) is 70.3 Å². The number of hydrogen-bond acceptors (Lipinski definition) is 4. The van der Waals surface area contributed by atoms with Gasteiger partial charge in [0.15, 0.2) is 5.78 Å². The van der Waals surface area contributed by atoms with Crippen LogP contribution in [0, 0.1) is 13.8 Å². The number of hydrogen-bond donors (Lipinski definition) is 0. The normalized spacial score (nSPS) is 12.9. The molecule has 0 aliphatic rings. The first-order valence-electron chi connectivity index (χ1n) is 9.03. The summed E-state index contributed by atoms with van der Waals surface area (Å²) in [6.07, 6.45) is -0.726. The molecule has 2 aromatic rings. The average molecular weight is 386 g/mol. The molecule has 144 valence electrons. The summed E-state index contributed by atoms with van der Waals surface area (Å²) in [4.78, 5) is 13.4. The van der Waals surface area contributed by atoms with E-state index in [1.54, 1.807) is 0 Å². The van der Waals surface area contributed by atoms with Crippen molar-refractivity contribution in [3.63, 3.8) is 0 Å². The SMILES string of the molecule is Cc1cc(C(C)(C)C)cc(C)c1C(=O)C(OCCOP=O)c1ccccc1. The quantitative estimate of drug-likeness (QED) is 0.329. The van der Waals surface area contributed by atoms with Crippen LogP contribution in [0.2, 0.25) is 0 Å². The summed E-state index contributed by atoms with van der Waals surface area (Å²) >= 11 is 0. The van der Waals surface area contributed by atoms with Crippen molar-refractivity contribution in [2.45, 2.75) is 46.1 Å². The predicted molar refractivity (Wildman–Crippen MR) is 108 cm³/mol. The fourth-order valence-electron chi connectivity index (χ4n) is 3.11. The highest BCUT2D eigenvalue weighted by Gasteiger charge is 2.27. The minimum absolute atomic E-state index is 0.0152. The Morgan fingerprint density at radius 3 is 2.15 bits per heavy atom. The van der Waals surface area contributed by atoms with E-state index in [1.165, 1.54) is 5.56 Å².